The van der Waals surface area contributed by atoms with Gasteiger partial charge in [0, 0.05) is 68.2 Å². The molecule has 0 atom stereocenters. The molecule has 0 N–H and O–H groups in total. The Kier molecular flexibility index (Phi) is 20.7. The van der Waals surface area contributed by atoms with Gasteiger partial charge in [-0.2, -0.15) is 0 Å². The van der Waals surface area contributed by atoms with Gasteiger partial charge in [-0.15, -0.1) is 0 Å². The first-order chi connectivity index (χ1) is 65.9. The average molecular weight is 1910 g/mol. The molecule has 2 aliphatic rings. The van der Waals surface area contributed by atoms with Crippen LogP contribution in [0.15, 0.2) is 499 Å². The Morgan fingerprint density at radius 1 is 0.172 bits per heavy atom. The first-order valence-corrected chi connectivity index (χ1v) is 48.2. The van der Waals surface area contributed by atoms with Crippen molar-refractivity contribution in [3.63, 3.8) is 0 Å². The SMILES string of the molecule is Brc1ccc2c(c1)C(c1ccccc1)(c1ccccc1)c1cc(-c3cccc(-c4ccc5c(c4)c4ccccc4n5-c4ccccc4)c3)ccc1-2.Brc1ccc2cc(-c3cccc(-c4ccc5c(c4)c4ccccc4n5-c4ccc(-c5ccccc5)cc4)c3)ccc2c1.CC1(C)c2cc(Br)ccc2-c2ccc(-c3cccc(-c4ccc5c(c4)c4ccccc4n5-c4ccccc4)c3)cc21. The van der Waals surface area contributed by atoms with E-state index in [4.69, 9.17) is 0 Å². The first-order valence-electron chi connectivity index (χ1n) is 45.8. The van der Waals surface area contributed by atoms with E-state index in [-0.39, 0.29) is 5.41 Å². The van der Waals surface area contributed by atoms with Gasteiger partial charge in [0.15, 0.2) is 0 Å². The predicted molar refractivity (Wildman–Crippen MR) is 576 cm³/mol. The highest BCUT2D eigenvalue weighted by Crippen LogP contribution is 2.58. The summed E-state index contributed by atoms with van der Waals surface area (Å²) in [7, 11) is 0. The van der Waals surface area contributed by atoms with Crippen LogP contribution in [0.4, 0.5) is 0 Å². The number of para-hydroxylation sites is 5. The van der Waals surface area contributed by atoms with Crippen molar-refractivity contribution in [2.45, 2.75) is 24.7 Å². The first kappa shape index (κ1) is 81.9. The number of benzene rings is 21. The lowest BCUT2D eigenvalue weighted by atomic mass is 9.67. The van der Waals surface area contributed by atoms with Crippen molar-refractivity contribution in [2.75, 3.05) is 0 Å². The van der Waals surface area contributed by atoms with E-state index in [1.54, 1.807) is 0 Å². The van der Waals surface area contributed by atoms with Crippen LogP contribution in [0.5, 0.6) is 0 Å². The molecule has 2 aliphatic carbocycles. The van der Waals surface area contributed by atoms with Crippen LogP contribution >= 0.6 is 47.8 Å². The minimum atomic E-state index is -0.456. The third-order valence-corrected chi connectivity index (χ3v) is 29.3. The fraction of sp³-hybridized carbons (Fsp3) is 0.0312. The molecule has 0 aliphatic heterocycles. The van der Waals surface area contributed by atoms with Crippen LogP contribution in [0.1, 0.15) is 47.2 Å². The van der Waals surface area contributed by atoms with Crippen molar-refractivity contribution in [1.82, 2.24) is 13.7 Å². The van der Waals surface area contributed by atoms with Crippen LogP contribution in [0.3, 0.4) is 0 Å². The van der Waals surface area contributed by atoms with E-state index in [0.29, 0.717) is 0 Å². The summed E-state index contributed by atoms with van der Waals surface area (Å²) in [5.74, 6) is 0. The normalized spacial score (nSPS) is 12.6. The van der Waals surface area contributed by atoms with Crippen LogP contribution in [-0.2, 0) is 10.8 Å². The van der Waals surface area contributed by atoms with Crippen LogP contribution in [0.2, 0.25) is 0 Å². The molecule has 0 saturated carbocycles. The van der Waals surface area contributed by atoms with Crippen molar-refractivity contribution in [1.29, 1.82) is 0 Å². The van der Waals surface area contributed by atoms with Gasteiger partial charge < -0.3 is 13.7 Å². The molecule has 0 radical (unpaired) electrons. The average Bonchev–Trinajstić information content (AvgIpc) is 1.53. The number of halogens is 3. The van der Waals surface area contributed by atoms with Crippen molar-refractivity contribution >= 4 is 124 Å². The Labute approximate surface area is 804 Å². The molecule has 0 unspecified atom stereocenters. The van der Waals surface area contributed by atoms with E-state index in [2.05, 4.69) is 561 Å². The molecule has 21 aromatic carbocycles. The summed E-state index contributed by atoms with van der Waals surface area (Å²) in [5, 5.41) is 10.1. The number of hydrogen-bond acceptors (Lipinski definition) is 0. The topological polar surface area (TPSA) is 14.8 Å². The van der Waals surface area contributed by atoms with Crippen molar-refractivity contribution < 1.29 is 0 Å². The molecule has 3 heterocycles. The maximum atomic E-state index is 3.83. The standard InChI is InChI=1S/C49H32BrN.C40H26BrN.C39H28BrN/c50-39-25-27-42-41-26-23-36(31-45(41)49(46(42)32-39,37-15-4-1-5-16-37)38-17-6-2-7-18-38)34-14-12-13-33(29-34)35-24-28-48-44(30-35)43-21-10-11-22-47(43)51(48)40-19-8-3-9-20-40;41-35-19-15-32-24-31(13-14-33(32)25-35)29-9-6-10-30(23-29)34-18-22-40-38(26-34)37-11-4-5-12-39(37)42(40)36-20-16-28(17-21-36)27-7-2-1-3-8-27;1-39(2)35-23-28(15-18-31(35)32-19-17-29(40)24-36(32)39)26-10-8-9-25(21-26)27-16-20-38-34(22-27)33-13-6-7-14-37(33)41(38)30-11-4-3-5-12-30/h1-32H;1-26H;3-24H,1-2H3. The van der Waals surface area contributed by atoms with E-state index in [1.807, 2.05) is 0 Å². The van der Waals surface area contributed by atoms with Gasteiger partial charge in [-0.25, -0.2) is 0 Å². The summed E-state index contributed by atoms with van der Waals surface area (Å²) in [5.41, 5.74) is 40.6. The van der Waals surface area contributed by atoms with E-state index in [0.717, 1.165) is 13.4 Å². The molecule has 0 fully saturated rings. The Bertz CT molecular complexity index is 8690. The second-order valence-corrected chi connectivity index (χ2v) is 38.5. The molecule has 134 heavy (non-hydrogen) atoms. The molecule has 24 aromatic rings. The fourth-order valence-corrected chi connectivity index (χ4v) is 22.5. The maximum Gasteiger partial charge on any atom is 0.0714 e. The Morgan fingerprint density at radius 3 is 0.873 bits per heavy atom. The highest BCUT2D eigenvalue weighted by molar-refractivity contribution is 9.11. The predicted octanol–water partition coefficient (Wildman–Crippen LogP) is 36.1. The Morgan fingerprint density at radius 2 is 0.433 bits per heavy atom. The van der Waals surface area contributed by atoms with Crippen LogP contribution < -0.4 is 0 Å². The van der Waals surface area contributed by atoms with Crippen LogP contribution in [0.25, 0.3) is 193 Å². The second-order valence-electron chi connectivity index (χ2n) is 35.8. The van der Waals surface area contributed by atoms with Crippen molar-refractivity contribution in [3.05, 3.63) is 532 Å². The lowest BCUT2D eigenvalue weighted by Crippen LogP contribution is -2.28. The molecule has 0 amide bonds. The third kappa shape index (κ3) is 14.3. The largest absolute Gasteiger partial charge is 0.309 e. The molecule has 0 spiro atoms. The number of hydrogen-bond donors (Lipinski definition) is 0. The van der Waals surface area contributed by atoms with Gasteiger partial charge in [0.2, 0.25) is 0 Å². The summed E-state index contributed by atoms with van der Waals surface area (Å²) in [6.07, 6.45) is 0. The molecule has 26 rings (SSSR count). The summed E-state index contributed by atoms with van der Waals surface area (Å²) in [6.45, 7) is 4.68. The molecule has 3 nitrogen and oxygen atoms in total. The van der Waals surface area contributed by atoms with Gasteiger partial charge in [-0.1, -0.05) is 383 Å². The molecule has 0 saturated heterocycles. The zero-order valence-electron chi connectivity index (χ0n) is 73.7. The van der Waals surface area contributed by atoms with Gasteiger partial charge in [0.25, 0.3) is 0 Å². The summed E-state index contributed by atoms with van der Waals surface area (Å²) >= 11 is 11.1. The highest BCUT2D eigenvalue weighted by atomic mass is 79.9. The lowest BCUT2D eigenvalue weighted by Gasteiger charge is -2.34. The van der Waals surface area contributed by atoms with Crippen LogP contribution in [-0.4, -0.2) is 13.7 Å². The number of rotatable bonds is 12. The summed E-state index contributed by atoms with van der Waals surface area (Å²) in [4.78, 5) is 0. The van der Waals surface area contributed by atoms with Crippen molar-refractivity contribution in [3.8, 4) is 117 Å². The van der Waals surface area contributed by atoms with Gasteiger partial charge in [-0.05, 0) is 308 Å². The molecular formula is C128H86Br3N3. The summed E-state index contributed by atoms with van der Waals surface area (Å²) in [6, 6.07) is 177. The van der Waals surface area contributed by atoms with Crippen LogP contribution in [0, 0.1) is 0 Å². The van der Waals surface area contributed by atoms with E-state index < -0.39 is 5.41 Å². The Hall–Kier alpha value is -15.3. The third-order valence-electron chi connectivity index (χ3n) is 27.8. The van der Waals surface area contributed by atoms with E-state index >= 15 is 0 Å². The van der Waals surface area contributed by atoms with Crippen molar-refractivity contribution in [2.24, 2.45) is 0 Å². The molecule has 634 valence electrons. The molecule has 6 heteroatoms. The van der Waals surface area contributed by atoms with E-state index in [9.17, 15) is 0 Å². The maximum absolute atomic E-state index is 3.83. The highest BCUT2D eigenvalue weighted by Gasteiger charge is 2.47. The quantitative estimate of drug-likeness (QED) is 0.116. The summed E-state index contributed by atoms with van der Waals surface area (Å²) < 4.78 is 10.4. The van der Waals surface area contributed by atoms with Gasteiger partial charge in [0.1, 0.15) is 0 Å². The van der Waals surface area contributed by atoms with Gasteiger partial charge in [-0.3, -0.25) is 0 Å². The van der Waals surface area contributed by atoms with Gasteiger partial charge >= 0.3 is 0 Å². The molecular weight excluding hydrogens is 1820 g/mol. The smallest absolute Gasteiger partial charge is 0.0714 e. The lowest BCUT2D eigenvalue weighted by molar-refractivity contribution is 0.660. The fourth-order valence-electron chi connectivity index (χ4n) is 21.4. The van der Waals surface area contributed by atoms with Gasteiger partial charge in [0.05, 0.1) is 38.5 Å². The number of nitrogens with zero attached hydrogens (tertiary/aromatic N) is 3. The minimum Gasteiger partial charge on any atom is -0.309 e. The van der Waals surface area contributed by atoms with E-state index in [1.165, 1.54) is 227 Å². The number of aromatic nitrogens is 3. The monoisotopic (exact) mass is 1900 g/mol. The Balaban J connectivity index is 0.000000111. The minimum absolute atomic E-state index is 0.0416. The molecule has 0 bridgehead atoms. The number of fused-ring (bicyclic) bond motifs is 16. The zero-order chi connectivity index (χ0) is 89.7. The zero-order valence-corrected chi connectivity index (χ0v) is 78.4. The second kappa shape index (κ2) is 33.8. The molecule has 3 aromatic heterocycles.